The van der Waals surface area contributed by atoms with Crippen LogP contribution < -0.4 is 3.26 Å². The van der Waals surface area contributed by atoms with E-state index in [4.69, 9.17) is 17.0 Å². The van der Waals surface area contributed by atoms with Crippen LogP contribution in [0, 0.1) is 0 Å². The van der Waals surface area contributed by atoms with Gasteiger partial charge >= 0.3 is 192 Å². The average Bonchev–Trinajstić information content (AvgIpc) is 3.06. The Balaban J connectivity index is 2.03. The second-order valence-electron chi connectivity index (χ2n) is 9.15. The van der Waals surface area contributed by atoms with Gasteiger partial charge in [0.05, 0.1) is 0 Å². The first-order chi connectivity index (χ1) is 12.9. The molecule has 1 heterocycles. The van der Waals surface area contributed by atoms with Crippen molar-refractivity contribution in [3.63, 3.8) is 0 Å². The van der Waals surface area contributed by atoms with Crippen LogP contribution in [0.5, 0.6) is 0 Å². The van der Waals surface area contributed by atoms with Crippen molar-refractivity contribution in [1.29, 1.82) is 0 Å². The van der Waals surface area contributed by atoms with Crippen LogP contribution in [0.1, 0.15) is 43.4 Å². The predicted octanol–water partition coefficient (Wildman–Crippen LogP) is 7.65. The van der Waals surface area contributed by atoms with Gasteiger partial charge in [-0.15, -0.1) is 0 Å². The molecule has 0 amide bonds. The van der Waals surface area contributed by atoms with E-state index in [1.807, 2.05) is 11.8 Å². The molecule has 0 saturated carbocycles. The Morgan fingerprint density at radius 3 is 2.39 bits per heavy atom. The number of allylic oxidation sites excluding steroid dienone is 1. The zero-order chi connectivity index (χ0) is 20.5. The third-order valence-electron chi connectivity index (χ3n) is 5.63. The fourth-order valence-corrected chi connectivity index (χ4v) is 33.5. The molecule has 0 bridgehead atoms. The number of thioether (sulfide) groups is 1. The van der Waals surface area contributed by atoms with Crippen molar-refractivity contribution < 1.29 is 15.8 Å². The van der Waals surface area contributed by atoms with Crippen LogP contribution in [-0.2, 0) is 15.8 Å². The normalized spacial score (nSPS) is 20.0. The van der Waals surface area contributed by atoms with Gasteiger partial charge in [-0.2, -0.15) is 0 Å². The molecule has 1 aliphatic heterocycles. The van der Waals surface area contributed by atoms with E-state index in [1.165, 1.54) is 29.8 Å². The predicted molar refractivity (Wildman–Crippen MR) is 129 cm³/mol. The van der Waals surface area contributed by atoms with Crippen molar-refractivity contribution in [2.75, 3.05) is 0 Å². The molecule has 2 aromatic carbocycles. The van der Waals surface area contributed by atoms with Crippen LogP contribution in [0.25, 0.3) is 3.28 Å². The molecule has 2 aromatic rings. The minimum absolute atomic E-state index is 0.133. The molecule has 1 unspecified atom stereocenters. The molecular formula is C21H25BrCl2NSSiZr. The first-order valence-electron chi connectivity index (χ1n) is 9.60. The van der Waals surface area contributed by atoms with E-state index >= 15 is 0 Å². The van der Waals surface area contributed by atoms with Crippen molar-refractivity contribution in [2.24, 2.45) is 0 Å². The maximum absolute atomic E-state index is 7.73. The number of fused-ring (bicyclic) bond motifs is 5. The van der Waals surface area contributed by atoms with Gasteiger partial charge in [0.15, 0.2) is 0 Å². The van der Waals surface area contributed by atoms with Gasteiger partial charge in [0.2, 0.25) is 0 Å². The number of benzene rings is 2. The van der Waals surface area contributed by atoms with Gasteiger partial charge in [-0.3, -0.25) is 0 Å². The first kappa shape index (κ1) is 21.9. The van der Waals surface area contributed by atoms with Gasteiger partial charge in [-0.05, 0) is 0 Å². The van der Waals surface area contributed by atoms with E-state index < -0.39 is 21.8 Å². The fraction of sp³-hybridized carbons (Fsp3) is 0.333. The summed E-state index contributed by atoms with van der Waals surface area (Å²) < 4.78 is 6.25. The summed E-state index contributed by atoms with van der Waals surface area (Å²) in [5.74, 6) is -1.17. The summed E-state index contributed by atoms with van der Waals surface area (Å²) >= 11 is 1.04. The number of hydrogen-bond acceptors (Lipinski definition) is 2. The summed E-state index contributed by atoms with van der Waals surface area (Å²) in [7, 11) is 15.5. The van der Waals surface area contributed by atoms with Gasteiger partial charge in [0, 0.05) is 0 Å². The topological polar surface area (TPSA) is 12.0 Å². The van der Waals surface area contributed by atoms with Gasteiger partial charge in [-0.1, -0.05) is 0 Å². The molecule has 0 fully saturated rings. The Morgan fingerprint density at radius 2 is 1.75 bits per heavy atom. The van der Waals surface area contributed by atoms with Crippen molar-refractivity contribution in [2.45, 2.75) is 50.2 Å². The third kappa shape index (κ3) is 3.42. The van der Waals surface area contributed by atoms with Crippen molar-refractivity contribution in [1.82, 2.24) is 3.26 Å². The molecule has 1 nitrogen and oxygen atoms in total. The summed E-state index contributed by atoms with van der Waals surface area (Å²) in [6.07, 6.45) is 0. The molecular weight excluding hydrogens is 568 g/mol. The van der Waals surface area contributed by atoms with Gasteiger partial charge < -0.3 is 0 Å². The molecule has 0 spiro atoms. The maximum atomic E-state index is 7.73. The van der Waals surface area contributed by atoms with Crippen molar-refractivity contribution >= 4 is 53.9 Å². The van der Waals surface area contributed by atoms with Crippen LogP contribution in [0.15, 0.2) is 56.7 Å². The number of nitrogens with one attached hydrogen (secondary N) is 1. The number of halogens is 3. The van der Waals surface area contributed by atoms with E-state index in [-0.39, 0.29) is 11.5 Å². The van der Waals surface area contributed by atoms with Gasteiger partial charge in [0.1, 0.15) is 0 Å². The number of rotatable bonds is 3. The van der Waals surface area contributed by atoms with Crippen molar-refractivity contribution in [3.05, 3.63) is 68.5 Å². The van der Waals surface area contributed by atoms with E-state index in [0.29, 0.717) is 0 Å². The Bertz CT molecular complexity index is 1020. The SMILES string of the molecule is C[SiH](C)[Zr]([Cl])([Cl])([NH]C(C)(C)C)[C]1=C2Sc3cc(Br)ccc3C2c2ccccc21. The first-order valence-corrected chi connectivity index (χ1v) is 27.1. The molecule has 149 valence electrons. The standard InChI is InChI=1S/C15H8BrS.C4H10N.C2H7Si.2ClH.Zr/c16-10-5-6-12-13(8-10)17-14-7-9-3-1-2-4-11(9)15(12)14;1-4(2,3)5;1-3-2;;;/h1-6,8,15H;5H,1-3H3;3H,1-2H3;2*1H;/q;-1;;;;+3/p-2. The number of hydrogen-bond donors (Lipinski definition) is 1. The zero-order valence-corrected chi connectivity index (χ0v) is 24.3. The zero-order valence-electron chi connectivity index (χ0n) is 16.7. The van der Waals surface area contributed by atoms with Gasteiger partial charge in [-0.25, -0.2) is 0 Å². The monoisotopic (exact) mass is 590 g/mol. The minimum atomic E-state index is -4.46. The summed E-state index contributed by atoms with van der Waals surface area (Å²) in [5.41, 5.74) is 3.87. The Labute approximate surface area is 190 Å². The molecule has 28 heavy (non-hydrogen) atoms. The molecule has 1 N–H and O–H groups in total. The third-order valence-corrected chi connectivity index (χ3v) is 52.7. The molecule has 0 radical (unpaired) electrons. The van der Waals surface area contributed by atoms with E-state index in [0.717, 1.165) is 4.47 Å². The van der Waals surface area contributed by atoms with Crippen LogP contribution >= 0.6 is 44.7 Å². The van der Waals surface area contributed by atoms with Crippen LogP contribution in [-0.4, -0.2) is 11.5 Å². The summed E-state index contributed by atoms with van der Waals surface area (Å²) in [6, 6.07) is 15.4. The Morgan fingerprint density at radius 1 is 1.07 bits per heavy atom. The molecule has 7 heteroatoms. The van der Waals surface area contributed by atoms with E-state index in [9.17, 15) is 0 Å². The van der Waals surface area contributed by atoms with E-state index in [1.54, 1.807) is 0 Å². The Hall–Kier alpha value is 0.650. The van der Waals surface area contributed by atoms with Crippen LogP contribution in [0.4, 0.5) is 0 Å². The molecule has 1 aliphatic carbocycles. The summed E-state index contributed by atoms with van der Waals surface area (Å²) in [5, 5.41) is 0. The molecule has 0 aromatic heterocycles. The summed E-state index contributed by atoms with van der Waals surface area (Å²) in [6.45, 7) is 11.2. The van der Waals surface area contributed by atoms with Crippen LogP contribution in [0.2, 0.25) is 13.1 Å². The average molecular weight is 594 g/mol. The van der Waals surface area contributed by atoms with E-state index in [2.05, 4.69) is 95.5 Å². The second-order valence-corrected chi connectivity index (χ2v) is 50.7. The molecule has 0 saturated heterocycles. The molecule has 4 rings (SSSR count). The van der Waals surface area contributed by atoms with Crippen molar-refractivity contribution in [3.8, 4) is 0 Å². The second kappa shape index (κ2) is 7.08. The van der Waals surface area contributed by atoms with Crippen LogP contribution in [0.3, 0.4) is 0 Å². The quantitative estimate of drug-likeness (QED) is 0.367. The molecule has 1 atom stereocenters. The Kier molecular flexibility index (Phi) is 5.53. The fourth-order valence-electron chi connectivity index (χ4n) is 4.42. The molecule has 2 aliphatic rings. The van der Waals surface area contributed by atoms with Gasteiger partial charge in [0.25, 0.3) is 0 Å². The summed E-state index contributed by atoms with van der Waals surface area (Å²) in [4.78, 5) is 2.68.